The molecule has 2 unspecified atom stereocenters. The van der Waals surface area contributed by atoms with Crippen LogP contribution in [0.3, 0.4) is 0 Å². The zero-order chi connectivity index (χ0) is 38.8. The maximum Gasteiger partial charge on any atom is 0.346 e. The molecule has 6 rings (SSSR count). The zero-order valence-electron chi connectivity index (χ0n) is 33.0. The molecule has 1 saturated carbocycles. The maximum absolute atomic E-state index is 12.7. The van der Waals surface area contributed by atoms with E-state index in [0.717, 1.165) is 72.3 Å². The minimum Gasteiger partial charge on any atom is -0.477 e. The van der Waals surface area contributed by atoms with E-state index in [1.165, 1.54) is 42.7 Å². The molecule has 3 fully saturated rings. The number of nitrogens with two attached hydrogens (primary N) is 1. The van der Waals surface area contributed by atoms with Crippen molar-refractivity contribution < 1.29 is 24.6 Å². The number of aliphatic hydroxyl groups is 1. The molecule has 6 N–H and O–H groups in total. The number of rotatable bonds is 8. The van der Waals surface area contributed by atoms with E-state index < -0.39 is 5.97 Å². The number of anilines is 2. The number of hydrogen-bond acceptors (Lipinski definition) is 9. The predicted octanol–water partition coefficient (Wildman–Crippen LogP) is 8.94. The summed E-state index contributed by atoms with van der Waals surface area (Å²) in [5.41, 5.74) is 11.8. The van der Waals surface area contributed by atoms with Gasteiger partial charge in [-0.3, -0.25) is 4.79 Å². The minimum absolute atomic E-state index is 0. The molecule has 3 aromatic rings. The van der Waals surface area contributed by atoms with E-state index in [2.05, 4.69) is 47.0 Å². The molecule has 9 nitrogen and oxygen atoms in total. The summed E-state index contributed by atoms with van der Waals surface area (Å²) in [7, 11) is 1.00. The SMILES string of the molecule is CC.CC1(C)CCCCN1SCc1cccc(NC(=O)C2CC3CNCC3C2)c1.CCC=O.CO.Cc1c(C(=O)O)sc(-c2cccc(N)c2)c1C.S. The van der Waals surface area contributed by atoms with Crippen LogP contribution in [-0.2, 0) is 15.3 Å². The Morgan fingerprint density at radius 3 is 2.21 bits per heavy atom. The summed E-state index contributed by atoms with van der Waals surface area (Å²) in [5, 5.41) is 22.7. The Bertz CT molecular complexity index is 1550. The van der Waals surface area contributed by atoms with E-state index in [4.69, 9.17) is 15.9 Å². The highest BCUT2D eigenvalue weighted by Crippen LogP contribution is 2.40. The van der Waals surface area contributed by atoms with Gasteiger partial charge < -0.3 is 31.4 Å². The first kappa shape index (κ1) is 48.1. The zero-order valence-corrected chi connectivity index (χ0v) is 35.6. The van der Waals surface area contributed by atoms with Gasteiger partial charge in [0.15, 0.2) is 0 Å². The number of nitrogens with one attached hydrogen (secondary N) is 2. The van der Waals surface area contributed by atoms with Gasteiger partial charge in [0.05, 0.1) is 0 Å². The number of aldehydes is 1. The van der Waals surface area contributed by atoms with E-state index in [9.17, 15) is 14.4 Å². The first-order chi connectivity index (χ1) is 24.9. The number of carbonyl (C=O) groups is 3. The van der Waals surface area contributed by atoms with E-state index in [1.807, 2.05) is 76.9 Å². The van der Waals surface area contributed by atoms with Crippen LogP contribution in [0.1, 0.15) is 99.5 Å². The highest BCUT2D eigenvalue weighted by Gasteiger charge is 2.40. The van der Waals surface area contributed by atoms with Crippen LogP contribution in [0.25, 0.3) is 10.4 Å². The van der Waals surface area contributed by atoms with Crippen molar-refractivity contribution in [1.29, 1.82) is 0 Å². The van der Waals surface area contributed by atoms with Crippen LogP contribution in [0.2, 0.25) is 0 Å². The van der Waals surface area contributed by atoms with Gasteiger partial charge in [-0.25, -0.2) is 9.10 Å². The molecule has 2 atom stereocenters. The largest absolute Gasteiger partial charge is 0.477 e. The Kier molecular flexibility index (Phi) is 22.3. The number of fused-ring (bicyclic) bond motifs is 1. The molecule has 53 heavy (non-hydrogen) atoms. The monoisotopic (exact) mass is 788 g/mol. The molecule has 3 aliphatic rings. The molecule has 0 bridgehead atoms. The van der Waals surface area contributed by atoms with E-state index in [1.54, 1.807) is 0 Å². The van der Waals surface area contributed by atoms with Gasteiger partial charge in [0.1, 0.15) is 11.2 Å². The lowest BCUT2D eigenvalue weighted by Crippen LogP contribution is -2.42. The summed E-state index contributed by atoms with van der Waals surface area (Å²) < 4.78 is 2.55. The van der Waals surface area contributed by atoms with Gasteiger partial charge in [0.25, 0.3) is 0 Å². The fourth-order valence-electron chi connectivity index (χ4n) is 6.75. The summed E-state index contributed by atoms with van der Waals surface area (Å²) >= 11 is 3.24. The Morgan fingerprint density at radius 1 is 1.04 bits per heavy atom. The van der Waals surface area contributed by atoms with Crippen LogP contribution >= 0.6 is 36.8 Å². The van der Waals surface area contributed by atoms with E-state index >= 15 is 0 Å². The van der Waals surface area contributed by atoms with Crippen molar-refractivity contribution in [3.05, 3.63) is 70.1 Å². The van der Waals surface area contributed by atoms with Gasteiger partial charge in [-0.1, -0.05) is 63.4 Å². The second kappa shape index (κ2) is 24.5. The summed E-state index contributed by atoms with van der Waals surface area (Å²) in [6, 6.07) is 15.9. The fraction of sp³-hybridized carbons (Fsp3) is 0.537. The molecule has 2 aliphatic heterocycles. The third-order valence-electron chi connectivity index (χ3n) is 9.64. The van der Waals surface area contributed by atoms with Crippen LogP contribution in [0.4, 0.5) is 11.4 Å². The molecule has 3 heterocycles. The summed E-state index contributed by atoms with van der Waals surface area (Å²) in [5.74, 6) is 1.91. The number of aliphatic hydroxyl groups excluding tert-OH is 1. The Morgan fingerprint density at radius 2 is 1.66 bits per heavy atom. The third kappa shape index (κ3) is 14.4. The first-order valence-corrected chi connectivity index (χ1v) is 20.3. The van der Waals surface area contributed by atoms with Crippen LogP contribution in [-0.4, -0.2) is 65.0 Å². The summed E-state index contributed by atoms with van der Waals surface area (Å²) in [4.78, 5) is 34.3. The maximum atomic E-state index is 12.7. The number of hydrogen-bond donors (Lipinski definition) is 5. The summed E-state index contributed by atoms with van der Waals surface area (Å²) in [6.07, 6.45) is 7.51. The molecule has 2 aromatic carbocycles. The molecular weight excluding hydrogens is 725 g/mol. The molecule has 0 spiro atoms. The molecule has 1 aromatic heterocycles. The average Bonchev–Trinajstić information content (AvgIpc) is 3.84. The molecule has 296 valence electrons. The highest BCUT2D eigenvalue weighted by atomic mass is 32.2. The smallest absolute Gasteiger partial charge is 0.346 e. The first-order valence-electron chi connectivity index (χ1n) is 18.5. The minimum atomic E-state index is -0.870. The van der Waals surface area contributed by atoms with Gasteiger partial charge in [0, 0.05) is 53.5 Å². The summed E-state index contributed by atoms with van der Waals surface area (Å²) in [6.45, 7) is 17.6. The number of carboxylic acids is 1. The van der Waals surface area contributed by atoms with Crippen molar-refractivity contribution in [3.63, 3.8) is 0 Å². The molecular formula is C41H64N4O5S3. The lowest BCUT2D eigenvalue weighted by atomic mass is 9.93. The normalized spacial score (nSPS) is 19.5. The quantitative estimate of drug-likeness (QED) is 0.0859. The number of aromatic carboxylic acids is 1. The second-order valence-electron chi connectivity index (χ2n) is 13.7. The van der Waals surface area contributed by atoms with Crippen LogP contribution in [0, 0.1) is 31.6 Å². The molecule has 2 saturated heterocycles. The van der Waals surface area contributed by atoms with Crippen molar-refractivity contribution in [1.82, 2.24) is 9.62 Å². The Hall–Kier alpha value is -2.87. The standard InChI is InChI=1S/C22H33N3OS.C13H13NO2S.C3H6O.C2H6.CH4O.H2S/c1-22(2)8-3-4-9-25(22)27-15-16-6-5-7-20(10-16)24-21(26)17-11-18-13-23-14-19(18)12-17;1-7-8(2)12(13(15)16)17-11(7)9-4-3-5-10(14)6-9;1-2-3-4;2*1-2;/h5-7,10,17-19,23H,3-4,8-9,11-15H2,1-2H3,(H,24,26);3-6H,14H2,1-2H3,(H,15,16);3H,2H2,1H3;1-2H3;2H,1H3;1H2. The molecule has 12 heteroatoms. The van der Waals surface area contributed by atoms with Crippen molar-refractivity contribution in [2.24, 2.45) is 17.8 Å². The van der Waals surface area contributed by atoms with Gasteiger partial charge >= 0.3 is 5.97 Å². The average molecular weight is 789 g/mol. The molecule has 1 amide bonds. The van der Waals surface area contributed by atoms with Crippen molar-refractivity contribution in [3.8, 4) is 10.4 Å². The van der Waals surface area contributed by atoms with Crippen LogP contribution < -0.4 is 16.4 Å². The van der Waals surface area contributed by atoms with Crippen molar-refractivity contribution >= 4 is 66.3 Å². The number of benzene rings is 2. The lowest BCUT2D eigenvalue weighted by molar-refractivity contribution is -0.119. The second-order valence-corrected chi connectivity index (χ2v) is 15.7. The van der Waals surface area contributed by atoms with Crippen LogP contribution in [0.5, 0.6) is 0 Å². The molecule has 1 aliphatic carbocycles. The number of carbonyl (C=O) groups excluding carboxylic acids is 2. The van der Waals surface area contributed by atoms with Crippen molar-refractivity contribution in [2.45, 2.75) is 98.3 Å². The van der Waals surface area contributed by atoms with Crippen LogP contribution in [0.15, 0.2) is 48.5 Å². The van der Waals surface area contributed by atoms with Crippen molar-refractivity contribution in [2.75, 3.05) is 37.8 Å². The fourth-order valence-corrected chi connectivity index (χ4v) is 9.08. The van der Waals surface area contributed by atoms with E-state index in [0.29, 0.717) is 28.8 Å². The van der Waals surface area contributed by atoms with Gasteiger partial charge in [-0.15, -0.1) is 11.3 Å². The van der Waals surface area contributed by atoms with E-state index in [-0.39, 0.29) is 30.9 Å². The predicted molar refractivity (Wildman–Crippen MR) is 230 cm³/mol. The third-order valence-corrected chi connectivity index (χ3v) is 12.5. The number of piperidine rings is 1. The van der Waals surface area contributed by atoms with Gasteiger partial charge in [-0.2, -0.15) is 13.5 Å². The number of nitrogen functional groups attached to an aromatic ring is 1. The van der Waals surface area contributed by atoms with Gasteiger partial charge in [-0.05, 0) is 125 Å². The van der Waals surface area contributed by atoms with Gasteiger partial charge in [0.2, 0.25) is 5.91 Å². The number of amides is 1. The topological polar surface area (TPSA) is 145 Å². The number of carboxylic acid groups (broad SMARTS) is 1. The Labute approximate surface area is 333 Å². The Balaban J connectivity index is 0.000000465. The highest BCUT2D eigenvalue weighted by molar-refractivity contribution is 7.96. The molecule has 0 radical (unpaired) electrons. The number of thiophene rings is 1. The number of nitrogens with zero attached hydrogens (tertiary/aromatic N) is 1. The lowest BCUT2D eigenvalue weighted by Gasteiger charge is -2.41.